The molecule has 2 aromatic carbocycles. The molecule has 1 unspecified atom stereocenters. The van der Waals surface area contributed by atoms with Crippen molar-refractivity contribution >= 4 is 17.2 Å². The Morgan fingerprint density at radius 2 is 1.94 bits per heavy atom. The van der Waals surface area contributed by atoms with E-state index in [1.165, 1.54) is 12.8 Å². The molecule has 1 aliphatic heterocycles. The molecule has 1 aromatic heterocycles. The van der Waals surface area contributed by atoms with E-state index in [-0.39, 0.29) is 11.9 Å². The van der Waals surface area contributed by atoms with Crippen LogP contribution >= 0.6 is 11.3 Å². The Hall–Kier alpha value is -2.83. The van der Waals surface area contributed by atoms with Crippen LogP contribution in [0.15, 0.2) is 66.0 Å². The van der Waals surface area contributed by atoms with Gasteiger partial charge < -0.3 is 14.8 Å². The molecule has 1 amide bonds. The minimum atomic E-state index is -0.0966. The van der Waals surface area contributed by atoms with Crippen LogP contribution in [0.5, 0.6) is 11.5 Å². The van der Waals surface area contributed by atoms with Crippen LogP contribution < -0.4 is 14.8 Å². The van der Waals surface area contributed by atoms with E-state index < -0.39 is 0 Å². The van der Waals surface area contributed by atoms with Crippen molar-refractivity contribution in [3.8, 4) is 11.5 Å². The number of ether oxygens (including phenoxy) is 2. The molecule has 1 N–H and O–H groups in total. The number of thiophene rings is 1. The van der Waals surface area contributed by atoms with Crippen molar-refractivity contribution in [3.05, 3.63) is 82.0 Å². The van der Waals surface area contributed by atoms with Crippen molar-refractivity contribution in [1.82, 2.24) is 10.2 Å². The number of benzene rings is 2. The maximum absolute atomic E-state index is 12.9. The number of nitrogens with one attached hydrogen (secondary N) is 1. The van der Waals surface area contributed by atoms with Gasteiger partial charge in [-0.05, 0) is 61.6 Å². The fraction of sp³-hybridized carbons (Fsp3) is 0.320. The fourth-order valence-corrected chi connectivity index (χ4v) is 4.61. The molecule has 1 fully saturated rings. The first-order valence-electron chi connectivity index (χ1n) is 10.6. The first-order chi connectivity index (χ1) is 15.2. The smallest absolute Gasteiger partial charge is 0.251 e. The van der Waals surface area contributed by atoms with Gasteiger partial charge in [0.25, 0.3) is 5.91 Å². The average Bonchev–Trinajstić information content (AvgIpc) is 3.53. The van der Waals surface area contributed by atoms with Crippen molar-refractivity contribution in [3.63, 3.8) is 0 Å². The third-order valence-corrected chi connectivity index (χ3v) is 6.44. The van der Waals surface area contributed by atoms with Crippen LogP contribution in [0.1, 0.15) is 39.7 Å². The number of hydrogen-bond donors (Lipinski definition) is 1. The van der Waals surface area contributed by atoms with Crippen LogP contribution in [0, 0.1) is 0 Å². The van der Waals surface area contributed by atoms with Crippen LogP contribution in [0.4, 0.5) is 0 Å². The zero-order valence-electron chi connectivity index (χ0n) is 17.8. The second kappa shape index (κ2) is 10.5. The van der Waals surface area contributed by atoms with E-state index in [4.69, 9.17) is 9.47 Å². The Bertz CT molecular complexity index is 984. The Balaban J connectivity index is 1.43. The number of rotatable bonds is 9. The van der Waals surface area contributed by atoms with Gasteiger partial charge in [0.2, 0.25) is 0 Å². The van der Waals surface area contributed by atoms with Gasteiger partial charge in [0.15, 0.2) is 0 Å². The summed E-state index contributed by atoms with van der Waals surface area (Å²) in [5, 5.41) is 5.16. The highest BCUT2D eigenvalue weighted by Crippen LogP contribution is 2.31. The number of amides is 1. The summed E-state index contributed by atoms with van der Waals surface area (Å²) in [7, 11) is 1.69. The summed E-state index contributed by atoms with van der Waals surface area (Å²) >= 11 is 1.66. The minimum absolute atomic E-state index is 0.0841. The molecule has 3 aromatic rings. The van der Waals surface area contributed by atoms with Gasteiger partial charge in [0, 0.05) is 22.5 Å². The average molecular weight is 437 g/mol. The SMILES string of the molecule is COc1ccccc1C(CNC(=O)c1cccc(OCc2cccs2)c1)N1CCCC1. The normalized spacial score (nSPS) is 14.9. The van der Waals surface area contributed by atoms with Gasteiger partial charge in [-0.25, -0.2) is 0 Å². The van der Waals surface area contributed by atoms with Gasteiger partial charge in [-0.1, -0.05) is 30.3 Å². The topological polar surface area (TPSA) is 50.8 Å². The predicted molar refractivity (Wildman–Crippen MR) is 124 cm³/mol. The van der Waals surface area contributed by atoms with Gasteiger partial charge in [-0.15, -0.1) is 11.3 Å². The van der Waals surface area contributed by atoms with Gasteiger partial charge in [0.05, 0.1) is 13.2 Å². The molecule has 0 radical (unpaired) electrons. The first kappa shape index (κ1) is 21.4. The number of nitrogens with zero attached hydrogens (tertiary/aromatic N) is 1. The molecule has 1 saturated heterocycles. The van der Waals surface area contributed by atoms with Gasteiger partial charge in [0.1, 0.15) is 18.1 Å². The number of hydrogen-bond acceptors (Lipinski definition) is 5. The molecule has 31 heavy (non-hydrogen) atoms. The number of para-hydroxylation sites is 1. The zero-order chi connectivity index (χ0) is 21.5. The molecular weight excluding hydrogens is 408 g/mol. The molecule has 0 spiro atoms. The van der Waals surface area contributed by atoms with E-state index in [9.17, 15) is 4.79 Å². The molecule has 2 heterocycles. The summed E-state index contributed by atoms with van der Waals surface area (Å²) in [4.78, 5) is 16.5. The van der Waals surface area contributed by atoms with Crippen LogP contribution in [-0.2, 0) is 6.61 Å². The zero-order valence-corrected chi connectivity index (χ0v) is 18.6. The van der Waals surface area contributed by atoms with Crippen molar-refractivity contribution < 1.29 is 14.3 Å². The van der Waals surface area contributed by atoms with Crippen molar-refractivity contribution in [2.24, 2.45) is 0 Å². The maximum Gasteiger partial charge on any atom is 0.251 e. The monoisotopic (exact) mass is 436 g/mol. The van der Waals surface area contributed by atoms with E-state index >= 15 is 0 Å². The van der Waals surface area contributed by atoms with Crippen LogP contribution in [0.25, 0.3) is 0 Å². The summed E-state index contributed by atoms with van der Waals surface area (Å²) < 4.78 is 11.4. The van der Waals surface area contributed by atoms with Gasteiger partial charge in [-0.3, -0.25) is 9.69 Å². The van der Waals surface area contributed by atoms with E-state index in [0.29, 0.717) is 24.5 Å². The molecule has 6 heteroatoms. The van der Waals surface area contributed by atoms with Gasteiger partial charge >= 0.3 is 0 Å². The fourth-order valence-electron chi connectivity index (χ4n) is 4.00. The minimum Gasteiger partial charge on any atom is -0.496 e. The molecule has 162 valence electrons. The second-order valence-corrected chi connectivity index (χ2v) is 8.64. The Morgan fingerprint density at radius 3 is 2.71 bits per heavy atom. The molecule has 4 rings (SSSR count). The summed E-state index contributed by atoms with van der Waals surface area (Å²) in [6.07, 6.45) is 2.37. The van der Waals surface area contributed by atoms with E-state index in [0.717, 1.165) is 29.3 Å². The molecule has 0 saturated carbocycles. The lowest BCUT2D eigenvalue weighted by Crippen LogP contribution is -2.37. The van der Waals surface area contributed by atoms with Crippen LogP contribution in [0.2, 0.25) is 0 Å². The van der Waals surface area contributed by atoms with E-state index in [1.54, 1.807) is 24.5 Å². The lowest BCUT2D eigenvalue weighted by atomic mass is 10.0. The van der Waals surface area contributed by atoms with Crippen molar-refractivity contribution in [2.45, 2.75) is 25.5 Å². The first-order valence-corrected chi connectivity index (χ1v) is 11.5. The molecular formula is C25H28N2O3S. The highest BCUT2D eigenvalue weighted by molar-refractivity contribution is 7.09. The molecule has 1 atom stereocenters. The number of carbonyl (C=O) groups excluding carboxylic acids is 1. The van der Waals surface area contributed by atoms with Crippen molar-refractivity contribution in [2.75, 3.05) is 26.7 Å². The summed E-state index contributed by atoms with van der Waals surface area (Å²) in [5.74, 6) is 1.46. The summed E-state index contributed by atoms with van der Waals surface area (Å²) in [5.41, 5.74) is 1.71. The lowest BCUT2D eigenvalue weighted by molar-refractivity contribution is 0.0937. The van der Waals surface area contributed by atoms with E-state index in [2.05, 4.69) is 16.3 Å². The Kier molecular flexibility index (Phi) is 7.22. The van der Waals surface area contributed by atoms with Crippen molar-refractivity contribution in [1.29, 1.82) is 0 Å². The van der Waals surface area contributed by atoms with Crippen LogP contribution in [0.3, 0.4) is 0 Å². The molecule has 0 aliphatic carbocycles. The Labute approximate surface area is 187 Å². The predicted octanol–water partition coefficient (Wildman–Crippen LogP) is 4.90. The second-order valence-electron chi connectivity index (χ2n) is 7.61. The largest absolute Gasteiger partial charge is 0.496 e. The number of likely N-dealkylation sites (tertiary alicyclic amines) is 1. The quantitative estimate of drug-likeness (QED) is 0.518. The summed E-state index contributed by atoms with van der Waals surface area (Å²) in [6, 6.07) is 19.6. The molecule has 0 bridgehead atoms. The number of methoxy groups -OCH3 is 1. The highest BCUT2D eigenvalue weighted by Gasteiger charge is 2.26. The van der Waals surface area contributed by atoms with Crippen LogP contribution in [-0.4, -0.2) is 37.6 Å². The molecule has 5 nitrogen and oxygen atoms in total. The highest BCUT2D eigenvalue weighted by atomic mass is 32.1. The lowest BCUT2D eigenvalue weighted by Gasteiger charge is -2.29. The van der Waals surface area contributed by atoms with E-state index in [1.807, 2.05) is 53.9 Å². The maximum atomic E-state index is 12.9. The third-order valence-electron chi connectivity index (χ3n) is 5.59. The van der Waals surface area contributed by atoms with Gasteiger partial charge in [-0.2, -0.15) is 0 Å². The Morgan fingerprint density at radius 1 is 1.10 bits per heavy atom. The number of carbonyl (C=O) groups is 1. The summed E-state index contributed by atoms with van der Waals surface area (Å²) in [6.45, 7) is 3.10. The molecule has 1 aliphatic rings. The third kappa shape index (κ3) is 5.46. The standard InChI is InChI=1S/C25H28N2O3S/c1-29-24-12-3-2-11-22(24)23(27-13-4-5-14-27)17-26-25(28)19-8-6-9-20(16-19)30-18-21-10-7-15-31-21/h2-3,6-12,15-16,23H,4-5,13-14,17-18H2,1H3,(H,26,28).